The SMILES string of the molecule is O=Cc1cc(C(F)(F)F)c(S(=O)(=O)Cl)c(C(F)(F)F)c1. The normalized spacial score (nSPS) is 13.3. The third kappa shape index (κ3) is 3.42. The zero-order valence-electron chi connectivity index (χ0n) is 9.01. The van der Waals surface area contributed by atoms with Crippen molar-refractivity contribution >= 4 is 26.0 Å². The van der Waals surface area contributed by atoms with Gasteiger partial charge < -0.3 is 0 Å². The number of hydrogen-bond acceptors (Lipinski definition) is 3. The Bertz CT molecular complexity index is 612. The third-order valence-corrected chi connectivity index (χ3v) is 3.49. The van der Waals surface area contributed by atoms with Crippen LogP contribution >= 0.6 is 10.7 Å². The third-order valence-electron chi connectivity index (χ3n) is 2.10. The highest BCUT2D eigenvalue weighted by molar-refractivity contribution is 8.13. The first kappa shape index (κ1) is 16.8. The summed E-state index contributed by atoms with van der Waals surface area (Å²) in [6.45, 7) is 0. The van der Waals surface area contributed by atoms with Crippen LogP contribution in [-0.2, 0) is 21.4 Å². The Morgan fingerprint density at radius 1 is 0.950 bits per heavy atom. The molecule has 0 aromatic heterocycles. The van der Waals surface area contributed by atoms with Crippen molar-refractivity contribution in [1.29, 1.82) is 0 Å². The van der Waals surface area contributed by atoms with Gasteiger partial charge in [0.25, 0.3) is 9.05 Å². The minimum Gasteiger partial charge on any atom is -0.298 e. The second kappa shape index (κ2) is 4.92. The number of rotatable bonds is 2. The quantitative estimate of drug-likeness (QED) is 0.470. The van der Waals surface area contributed by atoms with Gasteiger partial charge in [0, 0.05) is 16.2 Å². The van der Waals surface area contributed by atoms with Crippen molar-refractivity contribution in [2.45, 2.75) is 17.2 Å². The Kier molecular flexibility index (Phi) is 4.12. The second-order valence-corrected chi connectivity index (χ2v) is 6.00. The van der Waals surface area contributed by atoms with Crippen LogP contribution in [0.2, 0.25) is 0 Å². The molecule has 0 fully saturated rings. The molecule has 0 aliphatic rings. The summed E-state index contributed by atoms with van der Waals surface area (Å²) in [5.74, 6) is 0. The monoisotopic (exact) mass is 340 g/mol. The highest BCUT2D eigenvalue weighted by Gasteiger charge is 2.45. The average Bonchev–Trinajstić information content (AvgIpc) is 2.23. The number of carbonyl (C=O) groups excluding carboxylic acids is 1. The summed E-state index contributed by atoms with van der Waals surface area (Å²) >= 11 is 0. The maximum atomic E-state index is 12.7. The first-order chi connectivity index (χ1) is 8.78. The molecule has 0 amide bonds. The van der Waals surface area contributed by atoms with Crippen LogP contribution in [0.25, 0.3) is 0 Å². The molecule has 0 radical (unpaired) electrons. The van der Waals surface area contributed by atoms with E-state index in [1.54, 1.807) is 0 Å². The molecular formula is C9H3ClF6O3S. The number of alkyl halides is 6. The lowest BCUT2D eigenvalue weighted by Crippen LogP contribution is -2.18. The Balaban J connectivity index is 3.98. The molecule has 0 N–H and O–H groups in total. The van der Waals surface area contributed by atoms with Crippen LogP contribution in [0.5, 0.6) is 0 Å². The number of aldehydes is 1. The fourth-order valence-corrected chi connectivity index (χ4v) is 2.78. The molecule has 0 saturated carbocycles. The lowest BCUT2D eigenvalue weighted by atomic mass is 10.1. The first-order valence-corrected chi connectivity index (χ1v) is 6.81. The highest BCUT2D eigenvalue weighted by Crippen LogP contribution is 2.43. The lowest BCUT2D eigenvalue weighted by Gasteiger charge is -2.17. The van der Waals surface area contributed by atoms with E-state index in [1.807, 2.05) is 0 Å². The molecule has 0 bridgehead atoms. The zero-order chi connectivity index (χ0) is 15.9. The van der Waals surface area contributed by atoms with Crippen LogP contribution in [-0.4, -0.2) is 14.7 Å². The van der Waals surface area contributed by atoms with Gasteiger partial charge in [-0.1, -0.05) is 0 Å². The van der Waals surface area contributed by atoms with Gasteiger partial charge in [0.05, 0.1) is 11.1 Å². The van der Waals surface area contributed by atoms with Crippen molar-refractivity contribution in [2.24, 2.45) is 0 Å². The Morgan fingerprint density at radius 3 is 1.50 bits per heavy atom. The Hall–Kier alpha value is -1.29. The Labute approximate surface area is 112 Å². The van der Waals surface area contributed by atoms with E-state index in [0.717, 1.165) is 0 Å². The molecule has 0 unspecified atom stereocenters. The van der Waals surface area contributed by atoms with E-state index in [-0.39, 0.29) is 18.4 Å². The van der Waals surface area contributed by atoms with Gasteiger partial charge in [-0.15, -0.1) is 0 Å². The summed E-state index contributed by atoms with van der Waals surface area (Å²) in [6.07, 6.45) is -11.1. The van der Waals surface area contributed by atoms with Gasteiger partial charge in [-0.3, -0.25) is 4.79 Å². The van der Waals surface area contributed by atoms with Crippen molar-refractivity contribution in [1.82, 2.24) is 0 Å². The van der Waals surface area contributed by atoms with E-state index >= 15 is 0 Å². The van der Waals surface area contributed by atoms with Crippen molar-refractivity contribution in [3.63, 3.8) is 0 Å². The first-order valence-electron chi connectivity index (χ1n) is 4.50. The lowest BCUT2D eigenvalue weighted by molar-refractivity contribution is -0.147. The second-order valence-electron chi connectivity index (χ2n) is 3.50. The molecule has 11 heteroatoms. The summed E-state index contributed by atoms with van der Waals surface area (Å²) in [5, 5.41) is 0. The van der Waals surface area contributed by atoms with Crippen LogP contribution in [0.4, 0.5) is 26.3 Å². The minimum atomic E-state index is -5.43. The van der Waals surface area contributed by atoms with E-state index in [2.05, 4.69) is 10.7 Å². The molecule has 0 heterocycles. The van der Waals surface area contributed by atoms with E-state index in [4.69, 9.17) is 0 Å². The van der Waals surface area contributed by atoms with Gasteiger partial charge in [-0.25, -0.2) is 8.42 Å². The average molecular weight is 341 g/mol. The number of halogens is 7. The van der Waals surface area contributed by atoms with Gasteiger partial charge in [-0.05, 0) is 12.1 Å². The molecule has 0 spiro atoms. The summed E-state index contributed by atoms with van der Waals surface area (Å²) in [6, 6.07) is -0.0327. The standard InChI is InChI=1S/C9H3ClF6O3S/c10-20(18,19)7-5(8(11,12)13)1-4(3-17)2-6(7)9(14,15)16/h1-3H. The summed E-state index contributed by atoms with van der Waals surface area (Å²) in [4.78, 5) is 8.29. The van der Waals surface area contributed by atoms with Crippen LogP contribution < -0.4 is 0 Å². The maximum Gasteiger partial charge on any atom is 0.417 e. The van der Waals surface area contributed by atoms with E-state index in [1.165, 1.54) is 0 Å². The fraction of sp³-hybridized carbons (Fsp3) is 0.222. The molecule has 0 aliphatic carbocycles. The molecule has 20 heavy (non-hydrogen) atoms. The van der Waals surface area contributed by atoms with E-state index in [0.29, 0.717) is 0 Å². The van der Waals surface area contributed by atoms with Crippen LogP contribution in [0.1, 0.15) is 21.5 Å². The summed E-state index contributed by atoms with van der Waals surface area (Å²) < 4.78 is 98.0. The van der Waals surface area contributed by atoms with Crippen molar-refractivity contribution in [3.8, 4) is 0 Å². The van der Waals surface area contributed by atoms with Crippen LogP contribution in [0.15, 0.2) is 17.0 Å². The van der Waals surface area contributed by atoms with Crippen LogP contribution in [0, 0.1) is 0 Å². The van der Waals surface area contributed by atoms with Gasteiger partial charge >= 0.3 is 12.4 Å². The van der Waals surface area contributed by atoms with Gasteiger partial charge in [0.15, 0.2) is 0 Å². The molecule has 0 aliphatic heterocycles. The van der Waals surface area contributed by atoms with Gasteiger partial charge in [-0.2, -0.15) is 26.3 Å². The number of hydrogen-bond donors (Lipinski definition) is 0. The summed E-state index contributed by atoms with van der Waals surface area (Å²) in [7, 11) is -0.679. The molecule has 112 valence electrons. The molecule has 0 saturated heterocycles. The maximum absolute atomic E-state index is 12.7. The van der Waals surface area contributed by atoms with Crippen molar-refractivity contribution < 1.29 is 39.6 Å². The van der Waals surface area contributed by atoms with E-state index < -0.39 is 43.0 Å². The smallest absolute Gasteiger partial charge is 0.298 e. The molecule has 1 rings (SSSR count). The topological polar surface area (TPSA) is 51.2 Å². The largest absolute Gasteiger partial charge is 0.417 e. The predicted octanol–water partition coefficient (Wildman–Crippen LogP) is 3.46. The minimum absolute atomic E-state index is 0.0164. The van der Waals surface area contributed by atoms with Crippen molar-refractivity contribution in [3.05, 3.63) is 28.8 Å². The Morgan fingerprint density at radius 2 is 1.30 bits per heavy atom. The molecule has 3 nitrogen and oxygen atoms in total. The molecule has 0 atom stereocenters. The summed E-state index contributed by atoms with van der Waals surface area (Å²) in [5.41, 5.74) is -5.28. The highest BCUT2D eigenvalue weighted by atomic mass is 35.7. The van der Waals surface area contributed by atoms with Crippen LogP contribution in [0.3, 0.4) is 0 Å². The van der Waals surface area contributed by atoms with Crippen molar-refractivity contribution in [2.75, 3.05) is 0 Å². The number of carbonyl (C=O) groups is 1. The van der Waals surface area contributed by atoms with Gasteiger partial charge in [0.1, 0.15) is 11.2 Å². The molecule has 1 aromatic rings. The van der Waals surface area contributed by atoms with E-state index in [9.17, 15) is 39.6 Å². The predicted molar refractivity (Wildman–Crippen MR) is 54.9 cm³/mol. The van der Waals surface area contributed by atoms with Gasteiger partial charge in [0.2, 0.25) is 0 Å². The zero-order valence-corrected chi connectivity index (χ0v) is 10.6. The molecular weight excluding hydrogens is 338 g/mol. The number of benzene rings is 1. The molecule has 1 aromatic carbocycles. The fourth-order valence-electron chi connectivity index (χ4n) is 1.40.